The van der Waals surface area contributed by atoms with Crippen LogP contribution in [0.2, 0.25) is 0 Å². The number of rotatable bonds is 3. The SMILES string of the molecule is CN1CCN(c2cc(N3CCCC(c4cc(F)ccc4F)C3)ncn2)CC1=O. The summed E-state index contributed by atoms with van der Waals surface area (Å²) >= 11 is 0. The number of piperazine rings is 1. The number of hydrogen-bond acceptors (Lipinski definition) is 5. The molecule has 1 aromatic heterocycles. The smallest absolute Gasteiger partial charge is 0.241 e. The fourth-order valence-electron chi connectivity index (χ4n) is 3.90. The van der Waals surface area contributed by atoms with Gasteiger partial charge in [0.15, 0.2) is 0 Å². The van der Waals surface area contributed by atoms with E-state index in [1.165, 1.54) is 18.5 Å². The fourth-order valence-corrected chi connectivity index (χ4v) is 3.90. The lowest BCUT2D eigenvalue weighted by Crippen LogP contribution is -2.48. The van der Waals surface area contributed by atoms with Crippen molar-refractivity contribution in [3.8, 4) is 0 Å². The van der Waals surface area contributed by atoms with E-state index < -0.39 is 5.82 Å². The molecule has 0 bridgehead atoms. The molecule has 2 saturated heterocycles. The lowest BCUT2D eigenvalue weighted by atomic mass is 9.90. The molecule has 6 nitrogen and oxygen atoms in total. The second-order valence-corrected chi connectivity index (χ2v) is 7.42. The number of likely N-dealkylation sites (N-methyl/N-ethyl adjacent to an activating group) is 1. The highest BCUT2D eigenvalue weighted by Crippen LogP contribution is 2.32. The number of halogens is 2. The van der Waals surface area contributed by atoms with Crippen LogP contribution in [0.1, 0.15) is 24.3 Å². The molecule has 0 N–H and O–H groups in total. The van der Waals surface area contributed by atoms with Crippen molar-refractivity contribution >= 4 is 17.5 Å². The highest BCUT2D eigenvalue weighted by Gasteiger charge is 2.26. The zero-order valence-corrected chi connectivity index (χ0v) is 15.8. The van der Waals surface area contributed by atoms with E-state index in [9.17, 15) is 13.6 Å². The summed E-state index contributed by atoms with van der Waals surface area (Å²) in [6, 6.07) is 5.51. The van der Waals surface area contributed by atoms with E-state index in [0.717, 1.165) is 37.8 Å². The van der Waals surface area contributed by atoms with Gasteiger partial charge in [0.1, 0.15) is 29.6 Å². The van der Waals surface area contributed by atoms with E-state index >= 15 is 0 Å². The van der Waals surface area contributed by atoms with Gasteiger partial charge in [-0.1, -0.05) is 0 Å². The van der Waals surface area contributed by atoms with Crippen molar-refractivity contribution in [2.75, 3.05) is 49.6 Å². The number of aromatic nitrogens is 2. The molecule has 0 radical (unpaired) electrons. The van der Waals surface area contributed by atoms with Gasteiger partial charge in [-0.15, -0.1) is 0 Å². The second kappa shape index (κ2) is 7.69. The first-order chi connectivity index (χ1) is 13.5. The highest BCUT2D eigenvalue weighted by atomic mass is 19.1. The van der Waals surface area contributed by atoms with E-state index in [0.29, 0.717) is 31.0 Å². The van der Waals surface area contributed by atoms with Crippen LogP contribution in [0.4, 0.5) is 20.4 Å². The molecule has 1 amide bonds. The van der Waals surface area contributed by atoms with Gasteiger partial charge >= 0.3 is 0 Å². The first-order valence-corrected chi connectivity index (χ1v) is 9.52. The Morgan fingerprint density at radius 1 is 1.04 bits per heavy atom. The minimum atomic E-state index is -0.419. The average molecular weight is 387 g/mol. The van der Waals surface area contributed by atoms with Crippen molar-refractivity contribution < 1.29 is 13.6 Å². The number of amides is 1. The van der Waals surface area contributed by atoms with Gasteiger partial charge < -0.3 is 14.7 Å². The van der Waals surface area contributed by atoms with E-state index in [1.54, 1.807) is 11.9 Å². The van der Waals surface area contributed by atoms with Crippen LogP contribution in [0.3, 0.4) is 0 Å². The van der Waals surface area contributed by atoms with Crippen molar-refractivity contribution in [1.82, 2.24) is 14.9 Å². The minimum Gasteiger partial charge on any atom is -0.356 e. The molecule has 148 valence electrons. The molecule has 2 aliphatic heterocycles. The van der Waals surface area contributed by atoms with Gasteiger partial charge in [0.25, 0.3) is 0 Å². The van der Waals surface area contributed by atoms with Gasteiger partial charge in [-0.3, -0.25) is 4.79 Å². The molecule has 8 heteroatoms. The van der Waals surface area contributed by atoms with Crippen LogP contribution in [-0.2, 0) is 4.79 Å². The molecule has 0 aliphatic carbocycles. The molecule has 4 rings (SSSR count). The lowest BCUT2D eigenvalue weighted by molar-refractivity contribution is -0.129. The van der Waals surface area contributed by atoms with Crippen LogP contribution in [0, 0.1) is 11.6 Å². The van der Waals surface area contributed by atoms with Crippen LogP contribution < -0.4 is 9.80 Å². The molecule has 1 atom stereocenters. The van der Waals surface area contributed by atoms with Crippen LogP contribution in [0.15, 0.2) is 30.6 Å². The molecule has 2 aromatic rings. The number of piperidine rings is 1. The predicted octanol–water partition coefficient (Wildman–Crippen LogP) is 2.42. The van der Waals surface area contributed by atoms with Gasteiger partial charge in [-0.05, 0) is 36.6 Å². The summed E-state index contributed by atoms with van der Waals surface area (Å²) in [4.78, 5) is 26.4. The third-order valence-electron chi connectivity index (χ3n) is 5.56. The highest BCUT2D eigenvalue weighted by molar-refractivity contribution is 5.82. The molecule has 28 heavy (non-hydrogen) atoms. The van der Waals surface area contributed by atoms with Crippen molar-refractivity contribution in [1.29, 1.82) is 0 Å². The Bertz CT molecular complexity index is 877. The Kier molecular flexibility index (Phi) is 5.11. The Balaban J connectivity index is 1.53. The van der Waals surface area contributed by atoms with Gasteiger partial charge in [-0.2, -0.15) is 0 Å². The minimum absolute atomic E-state index is 0.0611. The molecule has 2 fully saturated rings. The van der Waals surface area contributed by atoms with E-state index in [2.05, 4.69) is 14.9 Å². The summed E-state index contributed by atoms with van der Waals surface area (Å²) in [5.74, 6) is 0.646. The number of benzene rings is 1. The van der Waals surface area contributed by atoms with Crippen LogP contribution in [0.25, 0.3) is 0 Å². The van der Waals surface area contributed by atoms with Gasteiger partial charge in [-0.25, -0.2) is 18.7 Å². The number of carbonyl (C=O) groups excluding carboxylic acids is 1. The van der Waals surface area contributed by atoms with Gasteiger partial charge in [0.2, 0.25) is 5.91 Å². The lowest BCUT2D eigenvalue weighted by Gasteiger charge is -2.35. The maximum Gasteiger partial charge on any atom is 0.241 e. The zero-order chi connectivity index (χ0) is 19.7. The molecule has 2 aliphatic rings. The summed E-state index contributed by atoms with van der Waals surface area (Å²) in [7, 11) is 1.80. The Morgan fingerprint density at radius 3 is 2.61 bits per heavy atom. The Labute approximate surface area is 162 Å². The van der Waals surface area contributed by atoms with Crippen molar-refractivity contribution in [3.05, 3.63) is 47.8 Å². The number of nitrogens with zero attached hydrogens (tertiary/aromatic N) is 5. The van der Waals surface area contributed by atoms with E-state index in [1.807, 2.05) is 11.0 Å². The predicted molar refractivity (Wildman–Crippen MR) is 102 cm³/mol. The van der Waals surface area contributed by atoms with Crippen molar-refractivity contribution in [2.24, 2.45) is 0 Å². The van der Waals surface area contributed by atoms with Crippen molar-refractivity contribution in [3.63, 3.8) is 0 Å². The van der Waals surface area contributed by atoms with Crippen LogP contribution in [0.5, 0.6) is 0 Å². The van der Waals surface area contributed by atoms with Crippen LogP contribution in [-0.4, -0.2) is 60.5 Å². The second-order valence-electron chi connectivity index (χ2n) is 7.42. The maximum atomic E-state index is 14.2. The summed E-state index contributed by atoms with van der Waals surface area (Å²) in [5.41, 5.74) is 0.420. The van der Waals surface area contributed by atoms with E-state index in [4.69, 9.17) is 0 Å². The summed E-state index contributed by atoms with van der Waals surface area (Å²) in [6.07, 6.45) is 3.18. The first-order valence-electron chi connectivity index (χ1n) is 9.52. The molecule has 0 spiro atoms. The third kappa shape index (κ3) is 3.76. The largest absolute Gasteiger partial charge is 0.356 e. The Morgan fingerprint density at radius 2 is 1.82 bits per heavy atom. The molecule has 0 saturated carbocycles. The standard InChI is InChI=1S/C20H23F2N5O/c1-25-7-8-27(12-20(25)28)19-10-18(23-13-24-19)26-6-2-3-14(11-26)16-9-15(21)4-5-17(16)22/h4-5,9-10,13-14H,2-3,6-8,11-12H2,1H3. The fraction of sp³-hybridized carbons (Fsp3) is 0.450. The van der Waals surface area contributed by atoms with Gasteiger partial charge in [0.05, 0.1) is 6.54 Å². The Hall–Kier alpha value is -2.77. The number of anilines is 2. The number of carbonyl (C=O) groups is 1. The summed E-state index contributed by atoms with van der Waals surface area (Å²) in [6.45, 7) is 3.03. The average Bonchev–Trinajstić information content (AvgIpc) is 2.72. The van der Waals surface area contributed by atoms with Crippen LogP contribution >= 0.6 is 0 Å². The molecule has 1 unspecified atom stereocenters. The maximum absolute atomic E-state index is 14.2. The molecule has 1 aromatic carbocycles. The quantitative estimate of drug-likeness (QED) is 0.810. The normalized spacial score (nSPS) is 20.6. The zero-order valence-electron chi connectivity index (χ0n) is 15.8. The molecule has 3 heterocycles. The summed E-state index contributed by atoms with van der Waals surface area (Å²) in [5, 5.41) is 0. The molecular weight excluding hydrogens is 364 g/mol. The monoisotopic (exact) mass is 387 g/mol. The summed E-state index contributed by atoms with van der Waals surface area (Å²) < 4.78 is 27.8. The van der Waals surface area contributed by atoms with Gasteiger partial charge in [0, 0.05) is 45.2 Å². The van der Waals surface area contributed by atoms with E-state index in [-0.39, 0.29) is 17.6 Å². The first kappa shape index (κ1) is 18.6. The van der Waals surface area contributed by atoms with Crippen molar-refractivity contribution in [2.45, 2.75) is 18.8 Å². The topological polar surface area (TPSA) is 52.6 Å². The molecular formula is C20H23F2N5O. The number of hydrogen-bond donors (Lipinski definition) is 0. The third-order valence-corrected chi connectivity index (χ3v) is 5.56.